The molecule has 2 heteroatoms. The van der Waals surface area contributed by atoms with Gasteiger partial charge in [-0.1, -0.05) is 32.9 Å². The van der Waals surface area contributed by atoms with Crippen molar-refractivity contribution in [1.82, 2.24) is 0 Å². The zero-order valence-corrected chi connectivity index (χ0v) is 10.8. The van der Waals surface area contributed by atoms with Gasteiger partial charge in [0.1, 0.15) is 0 Å². The van der Waals surface area contributed by atoms with Gasteiger partial charge in [-0.25, -0.2) is 0 Å². The Hall–Kier alpha value is -1.02. The summed E-state index contributed by atoms with van der Waals surface area (Å²) in [5.41, 5.74) is 9.35. The molecule has 0 heterocycles. The Kier molecular flexibility index (Phi) is 4.36. The summed E-state index contributed by atoms with van der Waals surface area (Å²) in [6.45, 7) is 10.2. The largest absolute Gasteiger partial charge is 0.399 e. The molecule has 1 rings (SSSR count). The highest BCUT2D eigenvalue weighted by Gasteiger charge is 2.09. The van der Waals surface area contributed by atoms with Gasteiger partial charge in [-0.05, 0) is 36.0 Å². The first kappa shape index (κ1) is 13.0. The number of nitrogens with two attached hydrogens (primary N) is 1. The Morgan fingerprint density at radius 1 is 1.25 bits per heavy atom. The maximum absolute atomic E-state index is 5.84. The Morgan fingerprint density at radius 2 is 1.94 bits per heavy atom. The Labute approximate surface area is 98.8 Å². The van der Waals surface area contributed by atoms with Crippen molar-refractivity contribution >= 4 is 5.69 Å². The first-order chi connectivity index (χ1) is 7.40. The van der Waals surface area contributed by atoms with Crippen LogP contribution >= 0.6 is 0 Å². The fraction of sp³-hybridized carbons (Fsp3) is 0.571. The molecule has 0 saturated heterocycles. The normalized spacial score (nSPS) is 11.8. The lowest BCUT2D eigenvalue weighted by molar-refractivity contribution is 0.0959. The molecule has 0 aliphatic heterocycles. The van der Waals surface area contributed by atoms with Crippen LogP contribution in [-0.2, 0) is 11.3 Å². The van der Waals surface area contributed by atoms with E-state index in [2.05, 4.69) is 26.8 Å². The van der Waals surface area contributed by atoms with Gasteiger partial charge >= 0.3 is 0 Å². The average molecular weight is 221 g/mol. The zero-order chi connectivity index (χ0) is 12.2. The summed E-state index contributed by atoms with van der Waals surface area (Å²) in [6.07, 6.45) is 1.08. The van der Waals surface area contributed by atoms with Crippen LogP contribution in [0.2, 0.25) is 0 Å². The fourth-order valence-corrected chi connectivity index (χ4v) is 1.42. The highest BCUT2D eigenvalue weighted by Crippen LogP contribution is 2.20. The predicted octanol–water partition coefficient (Wildman–Crippen LogP) is 3.53. The van der Waals surface area contributed by atoms with Gasteiger partial charge in [0.05, 0.1) is 6.61 Å². The van der Waals surface area contributed by atoms with Gasteiger partial charge in [0.2, 0.25) is 0 Å². The standard InChI is InChI=1S/C14H23NO/c1-11-12(6-5-7-13(11)15)10-16-9-8-14(2,3)4/h5-7H,8-10,15H2,1-4H3. The summed E-state index contributed by atoms with van der Waals surface area (Å²) in [5.74, 6) is 0. The van der Waals surface area contributed by atoms with Crippen molar-refractivity contribution in [3.63, 3.8) is 0 Å². The molecule has 0 fully saturated rings. The summed E-state index contributed by atoms with van der Waals surface area (Å²) in [5, 5.41) is 0. The maximum atomic E-state index is 5.84. The van der Waals surface area contributed by atoms with E-state index in [1.54, 1.807) is 0 Å². The van der Waals surface area contributed by atoms with Gasteiger partial charge in [-0.2, -0.15) is 0 Å². The molecular formula is C14H23NO. The van der Waals surface area contributed by atoms with E-state index in [1.807, 2.05) is 19.1 Å². The molecule has 2 N–H and O–H groups in total. The van der Waals surface area contributed by atoms with E-state index in [9.17, 15) is 0 Å². The van der Waals surface area contributed by atoms with E-state index < -0.39 is 0 Å². The maximum Gasteiger partial charge on any atom is 0.0720 e. The minimum atomic E-state index is 0.338. The zero-order valence-electron chi connectivity index (χ0n) is 10.8. The first-order valence-corrected chi connectivity index (χ1v) is 5.82. The molecule has 0 aromatic heterocycles. The third-order valence-electron chi connectivity index (χ3n) is 2.74. The van der Waals surface area contributed by atoms with Crippen molar-refractivity contribution in [2.45, 2.75) is 40.7 Å². The van der Waals surface area contributed by atoms with Gasteiger partial charge in [-0.3, -0.25) is 0 Å². The SMILES string of the molecule is Cc1c(N)cccc1COCCC(C)(C)C. The van der Waals surface area contributed by atoms with Crippen LogP contribution in [0.25, 0.3) is 0 Å². The molecule has 0 atom stereocenters. The van der Waals surface area contributed by atoms with Gasteiger partial charge in [0.25, 0.3) is 0 Å². The molecule has 2 nitrogen and oxygen atoms in total. The second-order valence-corrected chi connectivity index (χ2v) is 5.49. The van der Waals surface area contributed by atoms with Gasteiger partial charge < -0.3 is 10.5 Å². The van der Waals surface area contributed by atoms with E-state index in [-0.39, 0.29) is 0 Å². The van der Waals surface area contributed by atoms with Crippen molar-refractivity contribution in [1.29, 1.82) is 0 Å². The molecule has 0 spiro atoms. The number of nitrogen functional groups attached to an aromatic ring is 1. The molecule has 0 saturated carbocycles. The van der Waals surface area contributed by atoms with Gasteiger partial charge in [-0.15, -0.1) is 0 Å². The highest BCUT2D eigenvalue weighted by atomic mass is 16.5. The number of benzene rings is 1. The van der Waals surface area contributed by atoms with Crippen molar-refractivity contribution in [3.8, 4) is 0 Å². The quantitative estimate of drug-likeness (QED) is 0.623. The second kappa shape index (κ2) is 5.35. The molecule has 0 aliphatic rings. The first-order valence-electron chi connectivity index (χ1n) is 5.82. The molecule has 0 unspecified atom stereocenters. The van der Waals surface area contributed by atoms with E-state index >= 15 is 0 Å². The smallest absolute Gasteiger partial charge is 0.0720 e. The number of anilines is 1. The van der Waals surface area contributed by atoms with Crippen LogP contribution in [0.3, 0.4) is 0 Å². The lowest BCUT2D eigenvalue weighted by Gasteiger charge is -2.18. The lowest BCUT2D eigenvalue weighted by Crippen LogP contribution is -2.09. The number of ether oxygens (including phenoxy) is 1. The lowest BCUT2D eigenvalue weighted by atomic mass is 9.93. The van der Waals surface area contributed by atoms with E-state index in [0.717, 1.165) is 24.3 Å². The van der Waals surface area contributed by atoms with Gasteiger partial charge in [0, 0.05) is 12.3 Å². The number of hydrogen-bond donors (Lipinski definition) is 1. The topological polar surface area (TPSA) is 35.2 Å². The molecule has 0 aliphatic carbocycles. The van der Waals surface area contributed by atoms with Crippen molar-refractivity contribution in [2.75, 3.05) is 12.3 Å². The minimum absolute atomic E-state index is 0.338. The monoisotopic (exact) mass is 221 g/mol. The van der Waals surface area contributed by atoms with Crippen LogP contribution in [0.5, 0.6) is 0 Å². The molecule has 1 aromatic rings. The van der Waals surface area contributed by atoms with Crippen molar-refractivity contribution < 1.29 is 4.74 Å². The van der Waals surface area contributed by atoms with E-state index in [0.29, 0.717) is 12.0 Å². The highest BCUT2D eigenvalue weighted by molar-refractivity contribution is 5.49. The summed E-state index contributed by atoms with van der Waals surface area (Å²) in [6, 6.07) is 5.97. The van der Waals surface area contributed by atoms with Crippen LogP contribution in [0, 0.1) is 12.3 Å². The van der Waals surface area contributed by atoms with Crippen molar-refractivity contribution in [2.24, 2.45) is 5.41 Å². The van der Waals surface area contributed by atoms with Crippen LogP contribution in [0.1, 0.15) is 38.3 Å². The fourth-order valence-electron chi connectivity index (χ4n) is 1.42. The van der Waals surface area contributed by atoms with E-state index in [4.69, 9.17) is 10.5 Å². The Balaban J connectivity index is 2.41. The number of hydrogen-bond acceptors (Lipinski definition) is 2. The third kappa shape index (κ3) is 4.23. The molecule has 1 aromatic carbocycles. The summed E-state index contributed by atoms with van der Waals surface area (Å²) < 4.78 is 5.68. The minimum Gasteiger partial charge on any atom is -0.399 e. The predicted molar refractivity (Wildman–Crippen MR) is 69.3 cm³/mol. The van der Waals surface area contributed by atoms with Crippen molar-refractivity contribution in [3.05, 3.63) is 29.3 Å². The molecule has 0 bridgehead atoms. The summed E-state index contributed by atoms with van der Waals surface area (Å²) in [4.78, 5) is 0. The molecule has 90 valence electrons. The van der Waals surface area contributed by atoms with Gasteiger partial charge in [0.15, 0.2) is 0 Å². The third-order valence-corrected chi connectivity index (χ3v) is 2.74. The van der Waals surface area contributed by atoms with Crippen LogP contribution in [0.15, 0.2) is 18.2 Å². The van der Waals surface area contributed by atoms with E-state index in [1.165, 1.54) is 5.56 Å². The molecule has 0 amide bonds. The molecular weight excluding hydrogens is 198 g/mol. The second-order valence-electron chi connectivity index (χ2n) is 5.49. The Bertz CT molecular complexity index is 339. The van der Waals surface area contributed by atoms with Crippen LogP contribution in [-0.4, -0.2) is 6.61 Å². The summed E-state index contributed by atoms with van der Waals surface area (Å²) in [7, 11) is 0. The molecule has 16 heavy (non-hydrogen) atoms. The Morgan fingerprint density at radius 3 is 2.56 bits per heavy atom. The van der Waals surface area contributed by atoms with Crippen LogP contribution < -0.4 is 5.73 Å². The summed E-state index contributed by atoms with van der Waals surface area (Å²) >= 11 is 0. The number of rotatable bonds is 4. The van der Waals surface area contributed by atoms with Crippen LogP contribution in [0.4, 0.5) is 5.69 Å². The molecule has 0 radical (unpaired) electrons. The average Bonchev–Trinajstić information content (AvgIpc) is 2.17.